The summed E-state index contributed by atoms with van der Waals surface area (Å²) in [5.41, 5.74) is 0.599. The van der Waals surface area contributed by atoms with Gasteiger partial charge in [0.25, 0.3) is 5.56 Å². The number of aromatic carboxylic acids is 1. The molecule has 0 aliphatic rings. The van der Waals surface area contributed by atoms with Gasteiger partial charge in [-0.25, -0.2) is 9.78 Å². The molecule has 2 heterocycles. The van der Waals surface area contributed by atoms with Crippen molar-refractivity contribution in [1.82, 2.24) is 15.0 Å². The number of pyridine rings is 1. The molecule has 0 bridgehead atoms. The van der Waals surface area contributed by atoms with Crippen LogP contribution in [0.5, 0.6) is 0 Å². The Morgan fingerprint density at radius 2 is 2.05 bits per heavy atom. The van der Waals surface area contributed by atoms with Gasteiger partial charge < -0.3 is 10.1 Å². The molecule has 2 aromatic heterocycles. The molecule has 0 aliphatic heterocycles. The Morgan fingerprint density at radius 1 is 1.19 bits per heavy atom. The van der Waals surface area contributed by atoms with Crippen LogP contribution >= 0.6 is 0 Å². The number of carbonyl (C=O) groups is 1. The summed E-state index contributed by atoms with van der Waals surface area (Å²) in [6.45, 7) is 0. The zero-order valence-corrected chi connectivity index (χ0v) is 10.9. The van der Waals surface area contributed by atoms with E-state index in [0.717, 1.165) is 5.69 Å². The number of rotatable bonds is 3. The van der Waals surface area contributed by atoms with E-state index in [2.05, 4.69) is 15.0 Å². The number of aromatic amines is 1. The summed E-state index contributed by atoms with van der Waals surface area (Å²) in [7, 11) is 0. The molecule has 0 atom stereocenters. The van der Waals surface area contributed by atoms with Gasteiger partial charge in [-0.2, -0.15) is 0 Å². The predicted molar refractivity (Wildman–Crippen MR) is 76.4 cm³/mol. The van der Waals surface area contributed by atoms with Crippen molar-refractivity contribution >= 4 is 16.9 Å². The second-order valence-electron chi connectivity index (χ2n) is 4.52. The third kappa shape index (κ3) is 2.51. The van der Waals surface area contributed by atoms with Gasteiger partial charge in [0, 0.05) is 18.3 Å². The molecule has 3 rings (SSSR count). The molecule has 0 amide bonds. The van der Waals surface area contributed by atoms with Crippen LogP contribution in [0.1, 0.15) is 21.9 Å². The number of fused-ring (bicyclic) bond motifs is 1. The summed E-state index contributed by atoms with van der Waals surface area (Å²) < 4.78 is 0. The van der Waals surface area contributed by atoms with Gasteiger partial charge in [0.1, 0.15) is 5.82 Å². The van der Waals surface area contributed by atoms with E-state index in [0.29, 0.717) is 12.2 Å². The third-order valence-electron chi connectivity index (χ3n) is 3.09. The van der Waals surface area contributed by atoms with E-state index in [1.54, 1.807) is 18.3 Å². The number of aromatic nitrogens is 3. The monoisotopic (exact) mass is 281 g/mol. The van der Waals surface area contributed by atoms with E-state index in [1.165, 1.54) is 12.1 Å². The fourth-order valence-corrected chi connectivity index (χ4v) is 2.14. The van der Waals surface area contributed by atoms with Crippen molar-refractivity contribution in [3.05, 3.63) is 70.0 Å². The summed E-state index contributed by atoms with van der Waals surface area (Å²) in [6, 6.07) is 9.96. The quantitative estimate of drug-likeness (QED) is 0.760. The number of nitrogens with zero attached hydrogens (tertiary/aromatic N) is 2. The van der Waals surface area contributed by atoms with E-state index in [4.69, 9.17) is 0 Å². The van der Waals surface area contributed by atoms with Crippen LogP contribution in [0.25, 0.3) is 10.9 Å². The first-order valence-electron chi connectivity index (χ1n) is 6.30. The van der Waals surface area contributed by atoms with Crippen molar-refractivity contribution in [3.8, 4) is 0 Å². The highest BCUT2D eigenvalue weighted by Crippen LogP contribution is 2.14. The number of benzene rings is 1. The fraction of sp³-hybridized carbons (Fsp3) is 0.0667. The van der Waals surface area contributed by atoms with E-state index in [9.17, 15) is 14.7 Å². The smallest absolute Gasteiger partial charge is 0.337 e. The largest absolute Gasteiger partial charge is 0.478 e. The highest BCUT2D eigenvalue weighted by atomic mass is 16.4. The lowest BCUT2D eigenvalue weighted by molar-refractivity contribution is 0.0699. The van der Waals surface area contributed by atoms with Crippen LogP contribution in [0.3, 0.4) is 0 Å². The van der Waals surface area contributed by atoms with Crippen LogP contribution in [0.4, 0.5) is 0 Å². The van der Waals surface area contributed by atoms with Crippen LogP contribution in [0, 0.1) is 0 Å². The summed E-state index contributed by atoms with van der Waals surface area (Å²) in [5, 5.41) is 9.45. The molecule has 21 heavy (non-hydrogen) atoms. The first-order chi connectivity index (χ1) is 10.1. The molecule has 6 heteroatoms. The molecule has 0 saturated carbocycles. The van der Waals surface area contributed by atoms with Crippen molar-refractivity contribution in [2.24, 2.45) is 0 Å². The van der Waals surface area contributed by atoms with Crippen LogP contribution in [-0.2, 0) is 6.42 Å². The Kier molecular flexibility index (Phi) is 3.19. The molecule has 104 valence electrons. The summed E-state index contributed by atoms with van der Waals surface area (Å²) in [4.78, 5) is 34.4. The third-order valence-corrected chi connectivity index (χ3v) is 3.09. The van der Waals surface area contributed by atoms with E-state index >= 15 is 0 Å². The van der Waals surface area contributed by atoms with Gasteiger partial charge in [0.2, 0.25) is 0 Å². The Morgan fingerprint density at radius 3 is 2.76 bits per heavy atom. The zero-order chi connectivity index (χ0) is 14.8. The van der Waals surface area contributed by atoms with Crippen LogP contribution in [0.15, 0.2) is 47.4 Å². The molecule has 0 unspecified atom stereocenters. The second-order valence-corrected chi connectivity index (χ2v) is 4.52. The summed E-state index contributed by atoms with van der Waals surface area (Å²) in [6.07, 6.45) is 1.98. The van der Waals surface area contributed by atoms with Gasteiger partial charge in [-0.05, 0) is 24.3 Å². The zero-order valence-electron chi connectivity index (χ0n) is 10.9. The number of H-pyrrole nitrogens is 1. The Balaban J connectivity index is 2.16. The fourth-order valence-electron chi connectivity index (χ4n) is 2.14. The molecule has 3 aromatic rings. The average Bonchev–Trinajstić information content (AvgIpc) is 2.47. The summed E-state index contributed by atoms with van der Waals surface area (Å²) in [5.74, 6) is -0.720. The number of hydrogen-bond donors (Lipinski definition) is 2. The second kappa shape index (κ2) is 5.16. The lowest BCUT2D eigenvalue weighted by Gasteiger charge is -2.05. The standard InChI is InChI=1S/C15H11N3O3/c19-14-10-5-3-6-11(15(20)21)13(10)17-12(18-14)8-9-4-1-2-7-16-9/h1-7H,8H2,(H,20,21)(H,17,18,19). The number of nitrogens with one attached hydrogen (secondary N) is 1. The van der Waals surface area contributed by atoms with Crippen LogP contribution < -0.4 is 5.56 Å². The molecule has 0 radical (unpaired) electrons. The topological polar surface area (TPSA) is 95.9 Å². The maximum Gasteiger partial charge on any atom is 0.337 e. The number of hydrogen-bond acceptors (Lipinski definition) is 4. The van der Waals surface area contributed by atoms with E-state index in [-0.39, 0.29) is 22.0 Å². The Hall–Kier alpha value is -3.02. The molecule has 1 aromatic carbocycles. The minimum atomic E-state index is -1.11. The maximum atomic E-state index is 12.1. The van der Waals surface area contributed by atoms with Crippen molar-refractivity contribution in [1.29, 1.82) is 0 Å². The van der Waals surface area contributed by atoms with Gasteiger partial charge in [-0.3, -0.25) is 9.78 Å². The van der Waals surface area contributed by atoms with Crippen LogP contribution in [0.2, 0.25) is 0 Å². The van der Waals surface area contributed by atoms with Gasteiger partial charge in [0.15, 0.2) is 0 Å². The molecule has 6 nitrogen and oxygen atoms in total. The normalized spacial score (nSPS) is 10.7. The SMILES string of the molecule is O=C(O)c1cccc2c(=O)[nH]c(Cc3ccccn3)nc12. The van der Waals surface area contributed by atoms with Crippen molar-refractivity contribution in [3.63, 3.8) is 0 Å². The highest BCUT2D eigenvalue weighted by Gasteiger charge is 2.13. The van der Waals surface area contributed by atoms with E-state index in [1.807, 2.05) is 12.1 Å². The molecule has 0 saturated heterocycles. The Bertz CT molecular complexity index is 872. The predicted octanol–water partition coefficient (Wildman–Crippen LogP) is 1.61. The van der Waals surface area contributed by atoms with Gasteiger partial charge in [0.05, 0.1) is 16.5 Å². The lowest BCUT2D eigenvalue weighted by Crippen LogP contribution is -2.14. The number of carboxylic acids is 1. The Labute approximate surface area is 119 Å². The maximum absolute atomic E-state index is 12.1. The molecular formula is C15H11N3O3. The van der Waals surface area contributed by atoms with Gasteiger partial charge in [-0.15, -0.1) is 0 Å². The molecule has 0 aliphatic carbocycles. The first-order valence-corrected chi connectivity index (χ1v) is 6.30. The number of carboxylic acid groups (broad SMARTS) is 1. The van der Waals surface area contributed by atoms with Crippen molar-refractivity contribution < 1.29 is 9.90 Å². The molecule has 0 spiro atoms. The molecular weight excluding hydrogens is 270 g/mol. The van der Waals surface area contributed by atoms with Gasteiger partial charge >= 0.3 is 5.97 Å². The molecule has 2 N–H and O–H groups in total. The highest BCUT2D eigenvalue weighted by molar-refractivity contribution is 6.01. The van der Waals surface area contributed by atoms with Gasteiger partial charge in [-0.1, -0.05) is 12.1 Å². The lowest BCUT2D eigenvalue weighted by atomic mass is 10.1. The minimum absolute atomic E-state index is 0.0147. The van der Waals surface area contributed by atoms with Crippen molar-refractivity contribution in [2.45, 2.75) is 6.42 Å². The average molecular weight is 281 g/mol. The van der Waals surface area contributed by atoms with E-state index < -0.39 is 5.97 Å². The summed E-state index contributed by atoms with van der Waals surface area (Å²) >= 11 is 0. The van der Waals surface area contributed by atoms with Crippen LogP contribution in [-0.4, -0.2) is 26.0 Å². The number of para-hydroxylation sites is 1. The first kappa shape index (κ1) is 13.0. The minimum Gasteiger partial charge on any atom is -0.478 e. The van der Waals surface area contributed by atoms with Crippen molar-refractivity contribution in [2.75, 3.05) is 0 Å². The molecule has 0 fully saturated rings.